The van der Waals surface area contributed by atoms with Gasteiger partial charge in [-0.25, -0.2) is 12.8 Å². The summed E-state index contributed by atoms with van der Waals surface area (Å²) in [6, 6.07) is 10.2. The van der Waals surface area contributed by atoms with Gasteiger partial charge in [0.2, 0.25) is 0 Å². The van der Waals surface area contributed by atoms with Crippen LogP contribution in [0.25, 0.3) is 11.1 Å². The number of carbonyl (C=O) groups excluding carboxylic acids is 1. The fraction of sp³-hybridized carbons (Fsp3) is 0.182. The van der Waals surface area contributed by atoms with Crippen LogP contribution >= 0.6 is 11.6 Å². The van der Waals surface area contributed by atoms with Crippen molar-refractivity contribution in [3.05, 3.63) is 76.8 Å². The lowest BCUT2D eigenvalue weighted by atomic mass is 10.00. The van der Waals surface area contributed by atoms with Crippen LogP contribution in [0.4, 0.5) is 10.1 Å². The van der Waals surface area contributed by atoms with Crippen molar-refractivity contribution in [2.24, 2.45) is 0 Å². The average molecular weight is 463 g/mol. The monoisotopic (exact) mass is 462 g/mol. The Morgan fingerprint density at radius 2 is 1.94 bits per heavy atom. The minimum Gasteiger partial charge on any atom is -0.458 e. The van der Waals surface area contributed by atoms with E-state index in [0.717, 1.165) is 0 Å². The largest absolute Gasteiger partial charge is 0.458 e. The maximum Gasteiger partial charge on any atom is 0.303 e. The highest BCUT2D eigenvalue weighted by Crippen LogP contribution is 2.38. The summed E-state index contributed by atoms with van der Waals surface area (Å²) in [6.45, 7) is 4.61. The molecule has 0 fully saturated rings. The summed E-state index contributed by atoms with van der Waals surface area (Å²) in [6.07, 6.45) is 2.05. The van der Waals surface area contributed by atoms with Crippen molar-refractivity contribution in [2.45, 2.75) is 31.8 Å². The van der Waals surface area contributed by atoms with Crippen LogP contribution in [0.1, 0.15) is 31.1 Å². The Morgan fingerprint density at radius 1 is 1.19 bits per heavy atom. The quantitative estimate of drug-likeness (QED) is 0.504. The van der Waals surface area contributed by atoms with E-state index < -0.39 is 27.9 Å². The predicted octanol–water partition coefficient (Wildman–Crippen LogP) is 5.27. The van der Waals surface area contributed by atoms with Gasteiger partial charge in [-0.05, 0) is 55.3 Å². The molecule has 0 bridgehead atoms. The number of halogens is 2. The standard InChI is InChI=1S/C22H20ClFN2O4S/c1-13-7-18(12-25-11-13)31(28,29)26-22-10-19(14(2)30-15(3)27)21(23)9-20(22)16-5-4-6-17(24)8-16/h4-12,14,26H,1-3H3. The van der Waals surface area contributed by atoms with Crippen molar-refractivity contribution in [3.63, 3.8) is 0 Å². The van der Waals surface area contributed by atoms with E-state index in [0.29, 0.717) is 22.3 Å². The third kappa shape index (κ3) is 5.39. The Labute approximate surface area is 185 Å². The van der Waals surface area contributed by atoms with E-state index in [1.165, 1.54) is 49.5 Å². The lowest BCUT2D eigenvalue weighted by molar-refractivity contribution is -0.145. The van der Waals surface area contributed by atoms with Gasteiger partial charge in [-0.2, -0.15) is 0 Å². The number of pyridine rings is 1. The first-order valence-electron chi connectivity index (χ1n) is 9.28. The van der Waals surface area contributed by atoms with Crippen molar-refractivity contribution < 1.29 is 22.3 Å². The first-order valence-corrected chi connectivity index (χ1v) is 11.1. The molecule has 3 rings (SSSR count). The van der Waals surface area contributed by atoms with Crippen LogP contribution in [0.5, 0.6) is 0 Å². The molecule has 6 nitrogen and oxygen atoms in total. The Kier molecular flexibility index (Phi) is 6.62. The first kappa shape index (κ1) is 22.7. The average Bonchev–Trinajstić information content (AvgIpc) is 2.68. The molecule has 0 radical (unpaired) electrons. The van der Waals surface area contributed by atoms with E-state index >= 15 is 0 Å². The summed E-state index contributed by atoms with van der Waals surface area (Å²) in [5.41, 5.74) is 2.03. The maximum absolute atomic E-state index is 13.8. The van der Waals surface area contributed by atoms with Crippen molar-refractivity contribution >= 4 is 33.3 Å². The third-order valence-corrected chi connectivity index (χ3v) is 6.12. The highest BCUT2D eigenvalue weighted by Gasteiger charge is 2.22. The molecular formula is C22H20ClFN2O4S. The van der Waals surface area contributed by atoms with E-state index in [-0.39, 0.29) is 15.6 Å². The van der Waals surface area contributed by atoms with Crippen LogP contribution in [-0.4, -0.2) is 19.4 Å². The van der Waals surface area contributed by atoms with Crippen molar-refractivity contribution in [1.29, 1.82) is 0 Å². The van der Waals surface area contributed by atoms with Crippen LogP contribution in [0.2, 0.25) is 5.02 Å². The zero-order chi connectivity index (χ0) is 22.8. The SMILES string of the molecule is CC(=O)OC(C)c1cc(NS(=O)(=O)c2cncc(C)c2)c(-c2cccc(F)c2)cc1Cl. The molecule has 0 amide bonds. The molecule has 0 aliphatic heterocycles. The van der Waals surface area contributed by atoms with E-state index in [2.05, 4.69) is 9.71 Å². The topological polar surface area (TPSA) is 85.4 Å². The zero-order valence-electron chi connectivity index (χ0n) is 17.0. The lowest BCUT2D eigenvalue weighted by Gasteiger charge is -2.19. The lowest BCUT2D eigenvalue weighted by Crippen LogP contribution is -2.15. The number of aryl methyl sites for hydroxylation is 1. The molecule has 3 aromatic rings. The van der Waals surface area contributed by atoms with Crippen LogP contribution in [0.15, 0.2) is 59.8 Å². The smallest absolute Gasteiger partial charge is 0.303 e. The van der Waals surface area contributed by atoms with Gasteiger partial charge in [-0.1, -0.05) is 23.7 Å². The van der Waals surface area contributed by atoms with E-state index in [4.69, 9.17) is 16.3 Å². The molecule has 0 saturated carbocycles. The Morgan fingerprint density at radius 3 is 2.58 bits per heavy atom. The number of carbonyl (C=O) groups is 1. The predicted molar refractivity (Wildman–Crippen MR) is 117 cm³/mol. The molecule has 0 spiro atoms. The molecule has 1 unspecified atom stereocenters. The van der Waals surface area contributed by atoms with Crippen molar-refractivity contribution in [1.82, 2.24) is 4.98 Å². The zero-order valence-corrected chi connectivity index (χ0v) is 18.6. The molecule has 162 valence electrons. The molecule has 0 aliphatic carbocycles. The summed E-state index contributed by atoms with van der Waals surface area (Å²) in [5.74, 6) is -0.992. The summed E-state index contributed by atoms with van der Waals surface area (Å²) in [4.78, 5) is 15.3. The summed E-state index contributed by atoms with van der Waals surface area (Å²) in [7, 11) is -4.01. The summed E-state index contributed by atoms with van der Waals surface area (Å²) < 4.78 is 47.6. The van der Waals surface area contributed by atoms with Gasteiger partial charge in [0.05, 0.1) is 5.69 Å². The number of anilines is 1. The molecular weight excluding hydrogens is 443 g/mol. The van der Waals surface area contributed by atoms with Gasteiger partial charge in [0.1, 0.15) is 16.8 Å². The second-order valence-electron chi connectivity index (χ2n) is 6.98. The van der Waals surface area contributed by atoms with Crippen LogP contribution < -0.4 is 4.72 Å². The van der Waals surface area contributed by atoms with Gasteiger partial charge < -0.3 is 4.74 Å². The van der Waals surface area contributed by atoms with Gasteiger partial charge in [0, 0.05) is 35.5 Å². The van der Waals surface area contributed by atoms with Crippen molar-refractivity contribution in [2.75, 3.05) is 4.72 Å². The van der Waals surface area contributed by atoms with Crippen molar-refractivity contribution in [3.8, 4) is 11.1 Å². The Balaban J connectivity index is 2.16. The second kappa shape index (κ2) is 9.03. The normalized spacial score (nSPS) is 12.3. The maximum atomic E-state index is 13.8. The number of esters is 1. The minimum absolute atomic E-state index is 0.0257. The number of nitrogens with zero attached hydrogens (tertiary/aromatic N) is 1. The molecule has 2 aromatic carbocycles. The number of nitrogens with one attached hydrogen (secondary N) is 1. The Bertz CT molecular complexity index is 1250. The highest BCUT2D eigenvalue weighted by atomic mass is 35.5. The number of aromatic nitrogens is 1. The molecule has 0 saturated heterocycles. The summed E-state index contributed by atoms with van der Waals surface area (Å²) >= 11 is 6.41. The molecule has 1 atom stereocenters. The number of benzene rings is 2. The second-order valence-corrected chi connectivity index (χ2v) is 9.07. The van der Waals surface area contributed by atoms with E-state index in [9.17, 15) is 17.6 Å². The van der Waals surface area contributed by atoms with Gasteiger partial charge >= 0.3 is 5.97 Å². The third-order valence-electron chi connectivity index (χ3n) is 4.46. The Hall–Kier alpha value is -2.97. The highest BCUT2D eigenvalue weighted by molar-refractivity contribution is 7.92. The minimum atomic E-state index is -4.01. The number of ether oxygens (including phenoxy) is 1. The van der Waals surface area contributed by atoms with Gasteiger partial charge in [-0.3, -0.25) is 14.5 Å². The molecule has 1 aromatic heterocycles. The molecule has 0 aliphatic rings. The molecule has 1 heterocycles. The molecule has 31 heavy (non-hydrogen) atoms. The van der Waals surface area contributed by atoms with Crippen LogP contribution in [0, 0.1) is 12.7 Å². The van der Waals surface area contributed by atoms with Gasteiger partial charge in [0.25, 0.3) is 10.0 Å². The number of rotatable bonds is 6. The van der Waals surface area contributed by atoms with Gasteiger partial charge in [0.15, 0.2) is 0 Å². The summed E-state index contributed by atoms with van der Waals surface area (Å²) in [5, 5.41) is 0.244. The fourth-order valence-electron chi connectivity index (χ4n) is 3.07. The fourth-order valence-corrected chi connectivity index (χ4v) is 4.51. The molecule has 9 heteroatoms. The first-order chi connectivity index (χ1) is 14.6. The van der Waals surface area contributed by atoms with E-state index in [1.807, 2.05) is 0 Å². The van der Waals surface area contributed by atoms with E-state index in [1.54, 1.807) is 26.1 Å². The number of hydrogen-bond acceptors (Lipinski definition) is 5. The number of sulfonamides is 1. The number of hydrogen-bond donors (Lipinski definition) is 1. The van der Waals surface area contributed by atoms with Gasteiger partial charge in [-0.15, -0.1) is 0 Å². The van der Waals surface area contributed by atoms with Crippen LogP contribution in [0.3, 0.4) is 0 Å². The van der Waals surface area contributed by atoms with Crippen LogP contribution in [-0.2, 0) is 19.6 Å². The molecule has 1 N–H and O–H groups in total.